The van der Waals surface area contributed by atoms with Crippen molar-refractivity contribution >= 4 is 30.2 Å². The van der Waals surface area contributed by atoms with Gasteiger partial charge in [0.15, 0.2) is 6.61 Å². The number of carbonyl (C=O) groups is 2. The second kappa shape index (κ2) is 11.2. The quantitative estimate of drug-likeness (QED) is 0.286. The van der Waals surface area contributed by atoms with Gasteiger partial charge in [0.2, 0.25) is 5.88 Å². The molecule has 0 aliphatic rings. The fraction of sp³-hybridized carbons (Fsp3) is 0.316. The van der Waals surface area contributed by atoms with E-state index in [4.69, 9.17) is 20.7 Å². The Morgan fingerprint density at radius 1 is 1.21 bits per heavy atom. The van der Waals surface area contributed by atoms with Gasteiger partial charge in [0.1, 0.15) is 6.04 Å². The van der Waals surface area contributed by atoms with Crippen LogP contribution in [0, 0.1) is 0 Å². The lowest BCUT2D eigenvalue weighted by Crippen LogP contribution is -2.45. The summed E-state index contributed by atoms with van der Waals surface area (Å²) in [7, 11) is 0. The Kier molecular flexibility index (Phi) is 8.71. The molecule has 0 fully saturated rings. The van der Waals surface area contributed by atoms with Crippen LogP contribution in [0.3, 0.4) is 0 Å². The third-order valence-electron chi connectivity index (χ3n) is 3.87. The Morgan fingerprint density at radius 3 is 2.55 bits per heavy atom. The van der Waals surface area contributed by atoms with Crippen LogP contribution in [-0.4, -0.2) is 64.7 Å². The zero-order valence-corrected chi connectivity index (χ0v) is 16.5. The zero-order chi connectivity index (χ0) is 21.2. The molecule has 1 aromatic carbocycles. The summed E-state index contributed by atoms with van der Waals surface area (Å²) in [6.07, 6.45) is 0. The molecule has 156 valence electrons. The van der Waals surface area contributed by atoms with Gasteiger partial charge in [-0.1, -0.05) is 30.3 Å². The number of aliphatic hydroxyl groups is 1. The second-order valence-corrected chi connectivity index (χ2v) is 6.53. The molecule has 1 heterocycles. The smallest absolute Gasteiger partial charge is 0.328 e. The van der Waals surface area contributed by atoms with E-state index in [0.29, 0.717) is 23.7 Å². The van der Waals surface area contributed by atoms with Crippen LogP contribution in [0.1, 0.15) is 0 Å². The van der Waals surface area contributed by atoms with Crippen LogP contribution >= 0.6 is 12.6 Å². The number of hydrogen-bond acceptors (Lipinski definition) is 8. The van der Waals surface area contributed by atoms with E-state index in [1.807, 2.05) is 36.4 Å². The predicted molar refractivity (Wildman–Crippen MR) is 112 cm³/mol. The molecule has 2 aromatic rings. The van der Waals surface area contributed by atoms with Crippen molar-refractivity contribution in [2.45, 2.75) is 12.1 Å². The van der Waals surface area contributed by atoms with E-state index in [-0.39, 0.29) is 11.9 Å². The summed E-state index contributed by atoms with van der Waals surface area (Å²) in [5.41, 5.74) is 7.91. The molecule has 2 atom stereocenters. The monoisotopic (exact) mass is 420 g/mol. The number of aromatic nitrogens is 1. The molecule has 6 N–H and O–H groups in total. The first-order chi connectivity index (χ1) is 13.9. The number of anilines is 1. The van der Waals surface area contributed by atoms with Gasteiger partial charge in [-0.2, -0.15) is 12.6 Å². The molecule has 0 saturated carbocycles. The van der Waals surface area contributed by atoms with Crippen LogP contribution in [0.4, 0.5) is 5.69 Å². The number of carboxylic acid groups (broad SMARTS) is 1. The van der Waals surface area contributed by atoms with Crippen LogP contribution in [0.5, 0.6) is 5.88 Å². The number of ether oxygens (including phenoxy) is 1. The van der Waals surface area contributed by atoms with E-state index in [1.165, 1.54) is 0 Å². The van der Waals surface area contributed by atoms with Crippen molar-refractivity contribution in [3.05, 3.63) is 42.5 Å². The molecular formula is C19H24N4O5S. The van der Waals surface area contributed by atoms with Crippen LogP contribution in [-0.2, 0) is 9.59 Å². The predicted octanol–water partition coefficient (Wildman–Crippen LogP) is 0.358. The summed E-state index contributed by atoms with van der Waals surface area (Å²) in [6, 6.07) is 11.4. The van der Waals surface area contributed by atoms with E-state index in [0.717, 1.165) is 5.56 Å². The maximum absolute atomic E-state index is 12.0. The Labute approximate surface area is 173 Å². The molecule has 0 radical (unpaired) electrons. The number of thiol groups is 1. The number of nitrogens with one attached hydrogen (secondary N) is 2. The van der Waals surface area contributed by atoms with Gasteiger partial charge < -0.3 is 31.3 Å². The number of nitrogens with two attached hydrogens (primary N) is 1. The Balaban J connectivity index is 2.16. The summed E-state index contributed by atoms with van der Waals surface area (Å²) in [4.78, 5) is 27.4. The molecule has 0 aliphatic heterocycles. The number of pyridine rings is 1. The highest BCUT2D eigenvalue weighted by molar-refractivity contribution is 7.80. The molecule has 1 aromatic heterocycles. The molecule has 0 aliphatic carbocycles. The number of benzene rings is 1. The molecule has 0 spiro atoms. The zero-order valence-electron chi connectivity index (χ0n) is 15.6. The van der Waals surface area contributed by atoms with Crippen molar-refractivity contribution < 1.29 is 24.5 Å². The molecule has 2 rings (SSSR count). The number of nitrogens with zero attached hydrogens (tertiary/aromatic N) is 1. The first-order valence-corrected chi connectivity index (χ1v) is 9.50. The van der Waals surface area contributed by atoms with Crippen molar-refractivity contribution in [2.75, 3.05) is 30.8 Å². The Morgan fingerprint density at radius 2 is 1.93 bits per heavy atom. The van der Waals surface area contributed by atoms with E-state index >= 15 is 0 Å². The number of aliphatic carboxylic acids is 1. The summed E-state index contributed by atoms with van der Waals surface area (Å²) in [6.45, 7) is -0.774. The largest absolute Gasteiger partial charge is 0.480 e. The van der Waals surface area contributed by atoms with Gasteiger partial charge in [0.05, 0.1) is 18.0 Å². The summed E-state index contributed by atoms with van der Waals surface area (Å²) in [5.74, 6) is -1.38. The lowest BCUT2D eigenvalue weighted by molar-refractivity contribution is -0.143. The Bertz CT molecular complexity index is 822. The lowest BCUT2D eigenvalue weighted by atomic mass is 10.1. The van der Waals surface area contributed by atoms with Crippen molar-refractivity contribution in [2.24, 2.45) is 5.73 Å². The van der Waals surface area contributed by atoms with Gasteiger partial charge >= 0.3 is 5.97 Å². The van der Waals surface area contributed by atoms with Gasteiger partial charge in [-0.05, 0) is 12.1 Å². The number of carboxylic acids is 1. The second-order valence-electron chi connectivity index (χ2n) is 6.17. The van der Waals surface area contributed by atoms with Crippen LogP contribution in [0.2, 0.25) is 0 Å². The minimum absolute atomic E-state index is 0.170. The maximum Gasteiger partial charge on any atom is 0.328 e. The van der Waals surface area contributed by atoms with Crippen molar-refractivity contribution in [3.63, 3.8) is 0 Å². The number of aliphatic hydroxyl groups excluding tert-OH is 1. The average Bonchev–Trinajstić information content (AvgIpc) is 2.74. The number of hydrogen-bond donors (Lipinski definition) is 6. The van der Waals surface area contributed by atoms with Gasteiger partial charge in [0, 0.05) is 23.9 Å². The van der Waals surface area contributed by atoms with Gasteiger partial charge in [0.25, 0.3) is 5.91 Å². The summed E-state index contributed by atoms with van der Waals surface area (Å²) < 4.78 is 5.53. The van der Waals surface area contributed by atoms with Crippen LogP contribution in [0.15, 0.2) is 42.5 Å². The SMILES string of the molecule is NC(CS)CNc1ccc(-c2ccccc2)nc1OCC(=O)N[C@@H](CO)C(=O)O. The van der Waals surface area contributed by atoms with E-state index in [9.17, 15) is 9.59 Å². The first kappa shape index (κ1) is 22.5. The number of amides is 1. The van der Waals surface area contributed by atoms with Crippen molar-refractivity contribution in [1.82, 2.24) is 10.3 Å². The third-order valence-corrected chi connectivity index (χ3v) is 4.34. The van der Waals surface area contributed by atoms with E-state index in [1.54, 1.807) is 6.07 Å². The van der Waals surface area contributed by atoms with Gasteiger partial charge in [-0.3, -0.25) is 4.79 Å². The fourth-order valence-corrected chi connectivity index (χ4v) is 2.44. The average molecular weight is 420 g/mol. The normalized spacial score (nSPS) is 12.7. The maximum atomic E-state index is 12.0. The highest BCUT2D eigenvalue weighted by Gasteiger charge is 2.19. The lowest BCUT2D eigenvalue weighted by Gasteiger charge is -2.16. The van der Waals surface area contributed by atoms with Gasteiger partial charge in [-0.25, -0.2) is 9.78 Å². The molecule has 0 bridgehead atoms. The van der Waals surface area contributed by atoms with E-state index < -0.39 is 31.1 Å². The van der Waals surface area contributed by atoms with Gasteiger partial charge in [-0.15, -0.1) is 0 Å². The Hall–Kier alpha value is -2.82. The molecule has 1 amide bonds. The summed E-state index contributed by atoms with van der Waals surface area (Å²) in [5, 5.41) is 23.2. The standard InChI is InChI=1S/C19H24N4O5S/c20-13(11-29)8-21-15-7-6-14(12-4-2-1-3-5-12)23-18(15)28-10-17(25)22-16(9-24)19(26)27/h1-7,13,16,21,24,29H,8-11,20H2,(H,22,25)(H,26,27)/t13?,16-/m0/s1. The third kappa shape index (κ3) is 6.93. The van der Waals surface area contributed by atoms with Crippen LogP contribution < -0.4 is 21.1 Å². The first-order valence-electron chi connectivity index (χ1n) is 8.87. The fourth-order valence-electron chi connectivity index (χ4n) is 2.32. The number of rotatable bonds is 11. The van der Waals surface area contributed by atoms with Crippen LogP contribution in [0.25, 0.3) is 11.3 Å². The molecule has 9 nitrogen and oxygen atoms in total. The number of carbonyl (C=O) groups excluding carboxylic acids is 1. The van der Waals surface area contributed by atoms with Crippen molar-refractivity contribution in [1.29, 1.82) is 0 Å². The molecular weight excluding hydrogens is 396 g/mol. The van der Waals surface area contributed by atoms with E-state index in [2.05, 4.69) is 28.2 Å². The highest BCUT2D eigenvalue weighted by atomic mass is 32.1. The minimum Gasteiger partial charge on any atom is -0.480 e. The molecule has 0 saturated heterocycles. The molecule has 29 heavy (non-hydrogen) atoms. The highest BCUT2D eigenvalue weighted by Crippen LogP contribution is 2.27. The molecule has 1 unspecified atom stereocenters. The topological polar surface area (TPSA) is 147 Å². The minimum atomic E-state index is -1.40. The summed E-state index contributed by atoms with van der Waals surface area (Å²) >= 11 is 4.14. The molecule has 10 heteroatoms. The van der Waals surface area contributed by atoms with Crippen molar-refractivity contribution in [3.8, 4) is 17.1 Å².